The molecule has 0 aliphatic carbocycles. The highest BCUT2D eigenvalue weighted by atomic mass is 16.5. The summed E-state index contributed by atoms with van der Waals surface area (Å²) in [5.74, 6) is 0.567. The van der Waals surface area contributed by atoms with E-state index in [4.69, 9.17) is 9.47 Å². The number of ether oxygens (including phenoxy) is 2. The van der Waals surface area contributed by atoms with Gasteiger partial charge in [0.25, 0.3) is 5.91 Å². The van der Waals surface area contributed by atoms with Crippen LogP contribution in [0.3, 0.4) is 0 Å². The molecule has 2 N–H and O–H groups in total. The lowest BCUT2D eigenvalue weighted by Gasteiger charge is -2.28. The number of aromatic nitrogens is 2. The van der Waals surface area contributed by atoms with E-state index < -0.39 is 0 Å². The van der Waals surface area contributed by atoms with E-state index in [2.05, 4.69) is 74.8 Å². The van der Waals surface area contributed by atoms with Crippen LogP contribution in [0.4, 0.5) is 0 Å². The third-order valence-electron chi connectivity index (χ3n) is 7.57. The Morgan fingerprint density at radius 2 is 1.79 bits per heavy atom. The highest BCUT2D eigenvalue weighted by molar-refractivity contribution is 5.97. The number of amides is 1. The van der Waals surface area contributed by atoms with Crippen LogP contribution in [0.1, 0.15) is 52.5 Å². The molecule has 3 heterocycles. The number of imidazole rings is 1. The second-order valence-electron chi connectivity index (χ2n) is 10.2. The average Bonchev–Trinajstić information content (AvgIpc) is 3.67. The largest absolute Gasteiger partial charge is 0.492 e. The minimum Gasteiger partial charge on any atom is -0.492 e. The monoisotopic (exact) mass is 522 g/mol. The maximum Gasteiger partial charge on any atom is 0.255 e. The molecule has 2 aliphatic heterocycles. The van der Waals surface area contributed by atoms with Gasteiger partial charge in [0.15, 0.2) is 0 Å². The number of benzene rings is 3. The summed E-state index contributed by atoms with van der Waals surface area (Å²) in [5, 5.41) is 6.71. The fourth-order valence-corrected chi connectivity index (χ4v) is 5.42. The van der Waals surface area contributed by atoms with Crippen molar-refractivity contribution in [2.75, 3.05) is 19.8 Å². The molecule has 7 heteroatoms. The van der Waals surface area contributed by atoms with Crippen molar-refractivity contribution >= 4 is 5.91 Å². The van der Waals surface area contributed by atoms with Crippen molar-refractivity contribution in [1.29, 1.82) is 0 Å². The van der Waals surface area contributed by atoms with Crippen LogP contribution in [0.2, 0.25) is 0 Å². The highest BCUT2D eigenvalue weighted by Crippen LogP contribution is 2.35. The van der Waals surface area contributed by atoms with Gasteiger partial charge in [-0.05, 0) is 35.6 Å². The van der Waals surface area contributed by atoms with Crippen LogP contribution in [0.15, 0.2) is 85.3 Å². The zero-order chi connectivity index (χ0) is 26.4. The Labute approximate surface area is 229 Å². The van der Waals surface area contributed by atoms with Crippen LogP contribution < -0.4 is 15.4 Å². The summed E-state index contributed by atoms with van der Waals surface area (Å²) in [7, 11) is 0. The summed E-state index contributed by atoms with van der Waals surface area (Å²) in [6, 6.07) is 25.0. The Bertz CT molecular complexity index is 1390. The molecular formula is C32H34N4O3. The Balaban J connectivity index is 1.10. The van der Waals surface area contributed by atoms with E-state index in [-0.39, 0.29) is 18.1 Å². The van der Waals surface area contributed by atoms with Crippen molar-refractivity contribution in [2.24, 2.45) is 0 Å². The van der Waals surface area contributed by atoms with Crippen molar-refractivity contribution in [3.05, 3.63) is 108 Å². The lowest BCUT2D eigenvalue weighted by atomic mass is 9.97. The normalized spacial score (nSPS) is 18.4. The third-order valence-corrected chi connectivity index (χ3v) is 7.57. The van der Waals surface area contributed by atoms with Crippen LogP contribution in [-0.4, -0.2) is 41.3 Å². The topological polar surface area (TPSA) is 77.4 Å². The summed E-state index contributed by atoms with van der Waals surface area (Å²) in [6.07, 6.45) is 6.79. The van der Waals surface area contributed by atoms with Crippen LogP contribution in [0, 0.1) is 0 Å². The van der Waals surface area contributed by atoms with Gasteiger partial charge in [0.05, 0.1) is 30.3 Å². The number of hydrogen-bond acceptors (Lipinski definition) is 5. The van der Waals surface area contributed by atoms with Crippen molar-refractivity contribution in [1.82, 2.24) is 20.2 Å². The van der Waals surface area contributed by atoms with Gasteiger partial charge in [0.2, 0.25) is 0 Å². The summed E-state index contributed by atoms with van der Waals surface area (Å²) in [6.45, 7) is 3.29. The van der Waals surface area contributed by atoms with E-state index in [1.54, 1.807) is 0 Å². The number of rotatable bonds is 9. The van der Waals surface area contributed by atoms with Gasteiger partial charge in [-0.15, -0.1) is 0 Å². The number of fused-ring (bicyclic) bond motifs is 1. The molecular weight excluding hydrogens is 488 g/mol. The number of nitrogens with one attached hydrogen (secondary N) is 2. The zero-order valence-corrected chi connectivity index (χ0v) is 22.0. The standard InChI is InChI=1S/C32H34N4O3/c37-32(35-20-27-8-5-16-38-27)29-10-4-9-28-30(15-17-39-31(28)29)34-19-26-18-33-22-36(26)21-23-11-13-25(14-12-23)24-6-2-1-3-7-24/h1-4,6-7,9-14,18,22,27,30,34H,5,8,15-17,19-21H2,(H,35,37). The number of carbonyl (C=O) groups is 1. The Kier molecular flexibility index (Phi) is 7.70. The molecule has 0 saturated carbocycles. The fraction of sp³-hybridized carbons (Fsp3) is 0.312. The number of hydrogen-bond donors (Lipinski definition) is 2. The molecule has 2 atom stereocenters. The van der Waals surface area contributed by atoms with E-state index in [9.17, 15) is 4.79 Å². The molecule has 39 heavy (non-hydrogen) atoms. The third kappa shape index (κ3) is 5.90. The van der Waals surface area contributed by atoms with Crippen molar-refractivity contribution in [3.63, 3.8) is 0 Å². The van der Waals surface area contributed by atoms with Crippen molar-refractivity contribution in [3.8, 4) is 16.9 Å². The summed E-state index contributed by atoms with van der Waals surface area (Å²) >= 11 is 0. The Morgan fingerprint density at radius 3 is 2.62 bits per heavy atom. The zero-order valence-electron chi connectivity index (χ0n) is 22.0. The number of para-hydroxylation sites is 1. The van der Waals surface area contributed by atoms with Crippen LogP contribution >= 0.6 is 0 Å². The lowest BCUT2D eigenvalue weighted by Crippen LogP contribution is -2.33. The molecule has 4 aromatic rings. The molecule has 200 valence electrons. The van der Waals surface area contributed by atoms with Gasteiger partial charge in [0.1, 0.15) is 5.75 Å². The van der Waals surface area contributed by atoms with Crippen LogP contribution in [0.25, 0.3) is 11.1 Å². The molecule has 1 saturated heterocycles. The Morgan fingerprint density at radius 1 is 0.949 bits per heavy atom. The van der Waals surface area contributed by atoms with E-state index in [1.165, 1.54) is 16.7 Å². The minimum atomic E-state index is -0.112. The molecule has 6 rings (SSSR count). The van der Waals surface area contributed by atoms with Crippen molar-refractivity contribution in [2.45, 2.75) is 44.5 Å². The minimum absolute atomic E-state index is 0.0909. The van der Waals surface area contributed by atoms with Crippen LogP contribution in [-0.2, 0) is 17.8 Å². The highest BCUT2D eigenvalue weighted by Gasteiger charge is 2.26. The second kappa shape index (κ2) is 11.8. The van der Waals surface area contributed by atoms with Gasteiger partial charge in [-0.1, -0.05) is 66.7 Å². The van der Waals surface area contributed by atoms with E-state index in [0.29, 0.717) is 31.0 Å². The Hall–Kier alpha value is -3.94. The molecule has 2 aliphatic rings. The molecule has 1 fully saturated rings. The van der Waals surface area contributed by atoms with Gasteiger partial charge in [-0.25, -0.2) is 4.98 Å². The second-order valence-corrected chi connectivity index (χ2v) is 10.2. The first-order chi connectivity index (χ1) is 19.2. The first-order valence-corrected chi connectivity index (χ1v) is 13.8. The predicted octanol–water partition coefficient (Wildman–Crippen LogP) is 5.12. The van der Waals surface area contributed by atoms with Crippen molar-refractivity contribution < 1.29 is 14.3 Å². The molecule has 0 radical (unpaired) electrons. The maximum absolute atomic E-state index is 13.0. The SMILES string of the molecule is O=C(NCC1CCCO1)c1cccc2c1OCCC2NCc1cncn1Cc1ccc(-c2ccccc2)cc1. The molecule has 1 aromatic heterocycles. The summed E-state index contributed by atoms with van der Waals surface area (Å²) < 4.78 is 13.8. The van der Waals surface area contributed by atoms with Gasteiger partial charge in [-0.3, -0.25) is 4.79 Å². The molecule has 7 nitrogen and oxygen atoms in total. The number of nitrogens with zero attached hydrogens (tertiary/aromatic N) is 2. The predicted molar refractivity (Wildman–Crippen MR) is 151 cm³/mol. The van der Waals surface area contributed by atoms with Gasteiger partial charge in [-0.2, -0.15) is 0 Å². The molecule has 3 aromatic carbocycles. The van der Waals surface area contributed by atoms with E-state index in [0.717, 1.165) is 43.7 Å². The first-order valence-electron chi connectivity index (χ1n) is 13.8. The van der Waals surface area contributed by atoms with E-state index in [1.807, 2.05) is 30.7 Å². The molecule has 0 spiro atoms. The smallest absolute Gasteiger partial charge is 0.255 e. The van der Waals surface area contributed by atoms with Crippen LogP contribution in [0.5, 0.6) is 5.75 Å². The number of carbonyl (C=O) groups excluding carboxylic acids is 1. The fourth-order valence-electron chi connectivity index (χ4n) is 5.42. The van der Waals surface area contributed by atoms with E-state index >= 15 is 0 Å². The molecule has 1 amide bonds. The summed E-state index contributed by atoms with van der Waals surface area (Å²) in [5.41, 5.74) is 6.38. The van der Waals surface area contributed by atoms with Gasteiger partial charge < -0.3 is 24.7 Å². The first kappa shape index (κ1) is 25.3. The summed E-state index contributed by atoms with van der Waals surface area (Å²) in [4.78, 5) is 17.4. The van der Waals surface area contributed by atoms with Gasteiger partial charge in [0, 0.05) is 50.5 Å². The quantitative estimate of drug-likeness (QED) is 0.319. The van der Waals surface area contributed by atoms with Gasteiger partial charge >= 0.3 is 0 Å². The average molecular weight is 523 g/mol. The maximum atomic E-state index is 13.0. The molecule has 0 bridgehead atoms. The lowest BCUT2D eigenvalue weighted by molar-refractivity contribution is 0.0853. The molecule has 2 unspecified atom stereocenters.